The first kappa shape index (κ1) is 17.2. The molecule has 1 aromatic carbocycles. The zero-order chi connectivity index (χ0) is 19.0. The minimum atomic E-state index is 0.317. The van der Waals surface area contributed by atoms with Crippen LogP contribution < -0.4 is 11.2 Å². The van der Waals surface area contributed by atoms with E-state index in [1.807, 2.05) is 50.4 Å². The summed E-state index contributed by atoms with van der Waals surface area (Å²) in [6.07, 6.45) is 5.53. The number of allylic oxidation sites excluding steroid dienone is 1. The van der Waals surface area contributed by atoms with E-state index in [0.29, 0.717) is 29.0 Å². The summed E-state index contributed by atoms with van der Waals surface area (Å²) in [6.45, 7) is 4.45. The number of nitrogen functional groups attached to an aromatic ring is 1. The van der Waals surface area contributed by atoms with Crippen LogP contribution in [0.2, 0.25) is 5.15 Å². The molecule has 8 heteroatoms. The topological polar surface area (TPSA) is 92.3 Å². The zero-order valence-electron chi connectivity index (χ0n) is 14.9. The normalized spacial score (nSPS) is 13.7. The van der Waals surface area contributed by atoms with Crippen LogP contribution in [0, 0.1) is 6.92 Å². The predicted octanol–water partition coefficient (Wildman–Crippen LogP) is 3.81. The second-order valence-corrected chi connectivity index (χ2v) is 6.70. The summed E-state index contributed by atoms with van der Waals surface area (Å²) < 4.78 is 0. The number of anilines is 2. The summed E-state index contributed by atoms with van der Waals surface area (Å²) in [7, 11) is 0. The molecule has 3 aromatic rings. The maximum atomic E-state index is 6.43. The third-order valence-electron chi connectivity index (χ3n) is 4.27. The van der Waals surface area contributed by atoms with Crippen LogP contribution in [0.1, 0.15) is 12.5 Å². The first-order valence-corrected chi connectivity index (χ1v) is 8.80. The molecule has 1 aliphatic heterocycles. The van der Waals surface area contributed by atoms with Crippen LogP contribution in [-0.2, 0) is 0 Å². The summed E-state index contributed by atoms with van der Waals surface area (Å²) in [6, 6.07) is 7.64. The minimum Gasteiger partial charge on any atom is -0.399 e. The lowest BCUT2D eigenvalue weighted by molar-refractivity contribution is 0.455. The van der Waals surface area contributed by atoms with Gasteiger partial charge >= 0.3 is 0 Å². The van der Waals surface area contributed by atoms with Gasteiger partial charge in [-0.05, 0) is 43.7 Å². The standard InChI is InChI=1S/C19H18ClN7/c1-11-3-4-14(21)8-15(11)16-7-13-9-22-19(25-17(13)18(20)24-16)26-27-6-5-12(2)23-10-27/h3-9H,10,21H2,1-2H3,(H,22,25,26). The van der Waals surface area contributed by atoms with E-state index < -0.39 is 0 Å². The van der Waals surface area contributed by atoms with Crippen LogP contribution in [0.25, 0.3) is 22.2 Å². The molecule has 2 aromatic heterocycles. The molecule has 7 nitrogen and oxygen atoms in total. The fourth-order valence-corrected chi connectivity index (χ4v) is 3.04. The zero-order valence-corrected chi connectivity index (χ0v) is 15.7. The van der Waals surface area contributed by atoms with Crippen LogP contribution in [0.5, 0.6) is 0 Å². The average molecular weight is 380 g/mol. The number of aryl methyl sites for hydroxylation is 1. The van der Waals surface area contributed by atoms with Gasteiger partial charge in [0.25, 0.3) is 0 Å². The Labute approximate surface area is 161 Å². The Morgan fingerprint density at radius 1 is 1.19 bits per heavy atom. The number of fused-ring (bicyclic) bond motifs is 1. The first-order valence-electron chi connectivity index (χ1n) is 8.42. The lowest BCUT2D eigenvalue weighted by Gasteiger charge is -2.21. The number of halogens is 1. The third kappa shape index (κ3) is 3.54. The number of hydrogen-bond acceptors (Lipinski definition) is 7. The molecule has 3 heterocycles. The fraction of sp³-hybridized carbons (Fsp3) is 0.158. The number of hydrazine groups is 1. The molecule has 0 bridgehead atoms. The number of hydrogen-bond donors (Lipinski definition) is 2. The quantitative estimate of drug-likeness (QED) is 0.531. The van der Waals surface area contributed by atoms with E-state index in [2.05, 4.69) is 25.4 Å². The third-order valence-corrected chi connectivity index (χ3v) is 4.54. The molecule has 0 fully saturated rings. The number of nitrogens with one attached hydrogen (secondary N) is 1. The summed E-state index contributed by atoms with van der Waals surface area (Å²) in [5.41, 5.74) is 14.0. The highest BCUT2D eigenvalue weighted by Crippen LogP contribution is 2.29. The van der Waals surface area contributed by atoms with Gasteiger partial charge in [-0.3, -0.25) is 15.4 Å². The maximum absolute atomic E-state index is 6.43. The largest absolute Gasteiger partial charge is 0.399 e. The molecule has 3 N–H and O–H groups in total. The van der Waals surface area contributed by atoms with Crippen molar-refractivity contribution < 1.29 is 0 Å². The van der Waals surface area contributed by atoms with Crippen molar-refractivity contribution in [3.05, 3.63) is 53.5 Å². The fourth-order valence-electron chi connectivity index (χ4n) is 2.79. The second-order valence-electron chi connectivity index (χ2n) is 6.34. The smallest absolute Gasteiger partial charge is 0.242 e. The Bertz CT molecular complexity index is 1090. The highest BCUT2D eigenvalue weighted by Gasteiger charge is 2.12. The van der Waals surface area contributed by atoms with Gasteiger partial charge < -0.3 is 5.73 Å². The van der Waals surface area contributed by atoms with Crippen molar-refractivity contribution in [3.8, 4) is 11.3 Å². The van der Waals surface area contributed by atoms with Crippen molar-refractivity contribution in [2.75, 3.05) is 17.8 Å². The van der Waals surface area contributed by atoms with Crippen LogP contribution in [0.15, 0.2) is 47.7 Å². The monoisotopic (exact) mass is 379 g/mol. The van der Waals surface area contributed by atoms with Crippen LogP contribution in [0.3, 0.4) is 0 Å². The lowest BCUT2D eigenvalue weighted by Crippen LogP contribution is -2.28. The molecule has 0 saturated heterocycles. The molecule has 0 saturated carbocycles. The SMILES string of the molecule is CC1=NCN(Nc2ncc3cc(-c4cc(N)ccc4C)nc(Cl)c3n2)C=C1. The van der Waals surface area contributed by atoms with E-state index >= 15 is 0 Å². The number of rotatable bonds is 3. The molecule has 0 radical (unpaired) electrons. The molecule has 27 heavy (non-hydrogen) atoms. The van der Waals surface area contributed by atoms with Gasteiger partial charge in [0.1, 0.15) is 12.2 Å². The molecule has 0 spiro atoms. The molecule has 0 unspecified atom stereocenters. The number of nitrogens with zero attached hydrogens (tertiary/aromatic N) is 5. The molecule has 0 aliphatic carbocycles. The summed E-state index contributed by atoms with van der Waals surface area (Å²) in [4.78, 5) is 17.7. The van der Waals surface area contributed by atoms with Gasteiger partial charge in [-0.1, -0.05) is 17.7 Å². The number of benzene rings is 1. The molecule has 4 rings (SSSR count). The van der Waals surface area contributed by atoms with Crippen LogP contribution in [0.4, 0.5) is 11.6 Å². The Hall–Kier alpha value is -3.19. The van der Waals surface area contributed by atoms with Gasteiger partial charge in [0.05, 0.1) is 5.69 Å². The first-order chi connectivity index (χ1) is 13.0. The number of pyridine rings is 1. The molecule has 1 aliphatic rings. The van der Waals surface area contributed by atoms with E-state index in [9.17, 15) is 0 Å². The van der Waals surface area contributed by atoms with Gasteiger partial charge in [-0.2, -0.15) is 0 Å². The highest BCUT2D eigenvalue weighted by molar-refractivity contribution is 6.34. The van der Waals surface area contributed by atoms with Gasteiger partial charge in [-0.25, -0.2) is 15.0 Å². The lowest BCUT2D eigenvalue weighted by atomic mass is 10.0. The summed E-state index contributed by atoms with van der Waals surface area (Å²) in [5.74, 6) is 0.429. The Morgan fingerprint density at radius 2 is 2.04 bits per heavy atom. The summed E-state index contributed by atoms with van der Waals surface area (Å²) in [5, 5.41) is 2.92. The van der Waals surface area contributed by atoms with E-state index in [0.717, 1.165) is 27.9 Å². The molecule has 0 amide bonds. The second kappa shape index (κ2) is 6.85. The molecular formula is C19H18ClN7. The van der Waals surface area contributed by atoms with Crippen molar-refractivity contribution in [1.82, 2.24) is 20.0 Å². The minimum absolute atomic E-state index is 0.317. The van der Waals surface area contributed by atoms with Crippen molar-refractivity contribution in [1.29, 1.82) is 0 Å². The maximum Gasteiger partial charge on any atom is 0.242 e. The number of aromatic nitrogens is 3. The van der Waals surface area contributed by atoms with Crippen molar-refractivity contribution >= 4 is 39.9 Å². The average Bonchev–Trinajstić information content (AvgIpc) is 2.66. The predicted molar refractivity (Wildman–Crippen MR) is 110 cm³/mol. The Morgan fingerprint density at radius 3 is 2.81 bits per heavy atom. The van der Waals surface area contributed by atoms with Crippen molar-refractivity contribution in [2.24, 2.45) is 4.99 Å². The number of nitrogens with two attached hydrogens (primary N) is 1. The van der Waals surface area contributed by atoms with E-state index in [1.165, 1.54) is 0 Å². The van der Waals surface area contributed by atoms with Crippen LogP contribution >= 0.6 is 11.6 Å². The molecular weight excluding hydrogens is 362 g/mol. The molecule has 136 valence electrons. The van der Waals surface area contributed by atoms with E-state index in [-0.39, 0.29) is 0 Å². The van der Waals surface area contributed by atoms with Gasteiger partial charge in [0, 0.05) is 34.7 Å². The van der Waals surface area contributed by atoms with E-state index in [1.54, 1.807) is 11.2 Å². The van der Waals surface area contributed by atoms with Crippen molar-refractivity contribution in [2.45, 2.75) is 13.8 Å². The Balaban J connectivity index is 1.68. The van der Waals surface area contributed by atoms with Crippen molar-refractivity contribution in [3.63, 3.8) is 0 Å². The Kier molecular flexibility index (Phi) is 4.37. The van der Waals surface area contributed by atoms with Gasteiger partial charge in [-0.15, -0.1) is 0 Å². The summed E-state index contributed by atoms with van der Waals surface area (Å²) >= 11 is 6.43. The molecule has 0 atom stereocenters. The van der Waals surface area contributed by atoms with E-state index in [4.69, 9.17) is 17.3 Å². The van der Waals surface area contributed by atoms with Crippen LogP contribution in [-0.4, -0.2) is 32.3 Å². The number of aliphatic imine (C=N–C) groups is 1. The highest BCUT2D eigenvalue weighted by atomic mass is 35.5. The van der Waals surface area contributed by atoms with Gasteiger partial charge in [0.15, 0.2) is 5.15 Å². The van der Waals surface area contributed by atoms with Gasteiger partial charge in [0.2, 0.25) is 5.95 Å².